The molecular weight excluding hydrogens is 264 g/mol. The summed E-state index contributed by atoms with van der Waals surface area (Å²) >= 11 is 3.47. The van der Waals surface area contributed by atoms with Gasteiger partial charge in [0.25, 0.3) is 0 Å². The van der Waals surface area contributed by atoms with Crippen LogP contribution in [-0.4, -0.2) is 18.5 Å². The quantitative estimate of drug-likeness (QED) is 0.860. The molecule has 0 heterocycles. The van der Waals surface area contributed by atoms with Gasteiger partial charge in [-0.05, 0) is 58.9 Å². The number of nitrogens with zero attached hydrogens (tertiary/aromatic N) is 1. The molecule has 2 N–H and O–H groups in total. The first-order chi connectivity index (χ1) is 7.56. The van der Waals surface area contributed by atoms with Crippen molar-refractivity contribution in [3.63, 3.8) is 0 Å². The van der Waals surface area contributed by atoms with Gasteiger partial charge in [0.2, 0.25) is 0 Å². The van der Waals surface area contributed by atoms with E-state index in [1.165, 1.54) is 18.5 Å². The van der Waals surface area contributed by atoms with Gasteiger partial charge < -0.3 is 10.6 Å². The van der Waals surface area contributed by atoms with Gasteiger partial charge in [0.05, 0.1) is 0 Å². The van der Waals surface area contributed by atoms with Crippen LogP contribution in [0, 0.1) is 11.8 Å². The monoisotopic (exact) mass is 282 g/mol. The van der Waals surface area contributed by atoms with Gasteiger partial charge in [-0.15, -0.1) is 0 Å². The van der Waals surface area contributed by atoms with Crippen molar-refractivity contribution in [1.29, 1.82) is 0 Å². The van der Waals surface area contributed by atoms with E-state index < -0.39 is 0 Å². The molecule has 2 atom stereocenters. The Morgan fingerprint density at radius 2 is 2.19 bits per heavy atom. The molecular formula is C13H19BrN2. The Morgan fingerprint density at radius 3 is 2.75 bits per heavy atom. The fourth-order valence-corrected chi connectivity index (χ4v) is 2.53. The highest BCUT2D eigenvalue weighted by atomic mass is 79.9. The van der Waals surface area contributed by atoms with E-state index in [1.54, 1.807) is 0 Å². The van der Waals surface area contributed by atoms with E-state index in [4.69, 9.17) is 5.73 Å². The highest BCUT2D eigenvalue weighted by molar-refractivity contribution is 9.10. The first kappa shape index (κ1) is 11.9. The summed E-state index contributed by atoms with van der Waals surface area (Å²) in [5.41, 5.74) is 7.89. The first-order valence-corrected chi connectivity index (χ1v) is 6.58. The molecule has 0 spiro atoms. The number of halogens is 1. The number of nitrogen functional groups attached to an aromatic ring is 1. The van der Waals surface area contributed by atoms with Gasteiger partial charge >= 0.3 is 0 Å². The molecule has 1 aromatic carbocycles. The van der Waals surface area contributed by atoms with Gasteiger partial charge in [0.15, 0.2) is 0 Å². The van der Waals surface area contributed by atoms with Crippen LogP contribution < -0.4 is 5.73 Å². The second kappa shape index (κ2) is 4.76. The summed E-state index contributed by atoms with van der Waals surface area (Å²) in [6, 6.07) is 6.18. The predicted molar refractivity (Wildman–Crippen MR) is 72.2 cm³/mol. The maximum atomic E-state index is 5.77. The SMILES string of the molecule is CC1CC1CN(C)Cc1ccc(N)c(Br)c1. The third-order valence-electron chi connectivity index (χ3n) is 3.34. The van der Waals surface area contributed by atoms with Gasteiger partial charge in [-0.25, -0.2) is 0 Å². The Balaban J connectivity index is 1.90. The Morgan fingerprint density at radius 1 is 1.50 bits per heavy atom. The van der Waals surface area contributed by atoms with Crippen molar-refractivity contribution in [3.8, 4) is 0 Å². The normalized spacial score (nSPS) is 23.8. The largest absolute Gasteiger partial charge is 0.398 e. The van der Waals surface area contributed by atoms with Crippen LogP contribution in [0.2, 0.25) is 0 Å². The number of hydrogen-bond donors (Lipinski definition) is 1. The van der Waals surface area contributed by atoms with Gasteiger partial charge in [-0.3, -0.25) is 0 Å². The summed E-state index contributed by atoms with van der Waals surface area (Å²) in [6.45, 7) is 4.55. The van der Waals surface area contributed by atoms with E-state index >= 15 is 0 Å². The fourth-order valence-electron chi connectivity index (χ4n) is 2.10. The van der Waals surface area contributed by atoms with Crippen molar-refractivity contribution in [2.45, 2.75) is 19.9 Å². The predicted octanol–water partition coefficient (Wildman–Crippen LogP) is 3.12. The highest BCUT2D eigenvalue weighted by Gasteiger charge is 2.32. The fraction of sp³-hybridized carbons (Fsp3) is 0.538. The van der Waals surface area contributed by atoms with Crippen molar-refractivity contribution < 1.29 is 0 Å². The molecule has 2 rings (SSSR count). The third-order valence-corrected chi connectivity index (χ3v) is 4.03. The Kier molecular flexibility index (Phi) is 3.55. The second-order valence-corrected chi connectivity index (χ2v) is 5.88. The van der Waals surface area contributed by atoms with E-state index in [0.717, 1.165) is 28.5 Å². The average molecular weight is 283 g/mol. The van der Waals surface area contributed by atoms with Crippen LogP contribution in [0.1, 0.15) is 18.9 Å². The van der Waals surface area contributed by atoms with E-state index in [2.05, 4.69) is 46.9 Å². The van der Waals surface area contributed by atoms with Crippen LogP contribution in [0.5, 0.6) is 0 Å². The van der Waals surface area contributed by atoms with E-state index in [9.17, 15) is 0 Å². The summed E-state index contributed by atoms with van der Waals surface area (Å²) in [6.07, 6.45) is 1.40. The third kappa shape index (κ3) is 2.98. The first-order valence-electron chi connectivity index (χ1n) is 5.78. The minimum absolute atomic E-state index is 0.808. The summed E-state index contributed by atoms with van der Waals surface area (Å²) in [5, 5.41) is 0. The zero-order valence-corrected chi connectivity index (χ0v) is 11.5. The van der Waals surface area contributed by atoms with E-state index in [0.29, 0.717) is 0 Å². The lowest BCUT2D eigenvalue weighted by Gasteiger charge is -2.17. The molecule has 0 amide bonds. The van der Waals surface area contributed by atoms with Crippen LogP contribution in [0.25, 0.3) is 0 Å². The van der Waals surface area contributed by atoms with Gasteiger partial charge in [0.1, 0.15) is 0 Å². The molecule has 1 aliphatic carbocycles. The molecule has 1 aliphatic rings. The van der Waals surface area contributed by atoms with E-state index in [-0.39, 0.29) is 0 Å². The van der Waals surface area contributed by atoms with Crippen molar-refractivity contribution in [1.82, 2.24) is 4.90 Å². The van der Waals surface area contributed by atoms with E-state index in [1.807, 2.05) is 6.07 Å². The Labute approximate surface area is 106 Å². The zero-order valence-electron chi connectivity index (χ0n) is 9.91. The van der Waals surface area contributed by atoms with Crippen LogP contribution in [-0.2, 0) is 6.54 Å². The number of rotatable bonds is 4. The summed E-state index contributed by atoms with van der Waals surface area (Å²) in [4.78, 5) is 2.39. The maximum absolute atomic E-state index is 5.77. The molecule has 3 heteroatoms. The van der Waals surface area contributed by atoms with Gasteiger partial charge in [0, 0.05) is 23.2 Å². The highest BCUT2D eigenvalue weighted by Crippen LogP contribution is 2.38. The topological polar surface area (TPSA) is 29.3 Å². The van der Waals surface area contributed by atoms with Crippen molar-refractivity contribution >= 4 is 21.6 Å². The summed E-state index contributed by atoms with van der Waals surface area (Å²) in [7, 11) is 2.19. The van der Waals surface area contributed by atoms with Crippen molar-refractivity contribution in [2.75, 3.05) is 19.3 Å². The second-order valence-electron chi connectivity index (χ2n) is 5.03. The van der Waals surface area contributed by atoms with Gasteiger partial charge in [-0.2, -0.15) is 0 Å². The minimum Gasteiger partial charge on any atom is -0.398 e. The lowest BCUT2D eigenvalue weighted by molar-refractivity contribution is 0.307. The van der Waals surface area contributed by atoms with Crippen LogP contribution >= 0.6 is 15.9 Å². The summed E-state index contributed by atoms with van der Waals surface area (Å²) < 4.78 is 0.998. The molecule has 0 aromatic heterocycles. The molecule has 2 unspecified atom stereocenters. The van der Waals surface area contributed by atoms with Crippen molar-refractivity contribution in [3.05, 3.63) is 28.2 Å². The number of hydrogen-bond acceptors (Lipinski definition) is 2. The molecule has 0 bridgehead atoms. The molecule has 16 heavy (non-hydrogen) atoms. The molecule has 2 nitrogen and oxygen atoms in total. The maximum Gasteiger partial charge on any atom is 0.0458 e. The van der Waals surface area contributed by atoms with Crippen LogP contribution in [0.4, 0.5) is 5.69 Å². The van der Waals surface area contributed by atoms with Gasteiger partial charge in [-0.1, -0.05) is 13.0 Å². The van der Waals surface area contributed by atoms with Crippen LogP contribution in [0.15, 0.2) is 22.7 Å². The zero-order chi connectivity index (χ0) is 11.7. The number of benzene rings is 1. The minimum atomic E-state index is 0.808. The summed E-state index contributed by atoms with van der Waals surface area (Å²) in [5.74, 6) is 1.85. The van der Waals surface area contributed by atoms with Crippen LogP contribution in [0.3, 0.4) is 0 Å². The lowest BCUT2D eigenvalue weighted by Crippen LogP contribution is -2.20. The molecule has 1 saturated carbocycles. The Hall–Kier alpha value is -0.540. The number of nitrogens with two attached hydrogens (primary N) is 1. The van der Waals surface area contributed by atoms with Crippen molar-refractivity contribution in [2.24, 2.45) is 11.8 Å². The molecule has 1 aromatic rings. The molecule has 0 saturated heterocycles. The standard InChI is InChI=1S/C13H19BrN2/c1-9-5-11(9)8-16(2)7-10-3-4-13(15)12(14)6-10/h3-4,6,9,11H,5,7-8,15H2,1-2H3. The number of anilines is 1. The smallest absolute Gasteiger partial charge is 0.0458 e. The average Bonchev–Trinajstić information content (AvgIpc) is 2.88. The molecule has 0 radical (unpaired) electrons. The Bertz CT molecular complexity index is 378. The molecule has 1 fully saturated rings. The molecule has 88 valence electrons. The molecule has 0 aliphatic heterocycles. The lowest BCUT2D eigenvalue weighted by atomic mass is 10.2.